The molecule has 0 N–H and O–H groups in total. The van der Waals surface area contributed by atoms with Gasteiger partial charge in [0.2, 0.25) is 11.8 Å². The van der Waals surface area contributed by atoms with E-state index in [1.54, 1.807) is 30.2 Å². The number of hydrogen-bond donors (Lipinski definition) is 0. The molecule has 0 unspecified atom stereocenters. The van der Waals surface area contributed by atoms with Gasteiger partial charge in [-0.3, -0.25) is 10.1 Å². The highest BCUT2D eigenvalue weighted by Gasteiger charge is 2.31. The van der Waals surface area contributed by atoms with E-state index in [2.05, 4.69) is 20.0 Å². The second-order valence-electron chi connectivity index (χ2n) is 5.38. The van der Waals surface area contributed by atoms with Crippen LogP contribution in [0.5, 0.6) is 0 Å². The van der Waals surface area contributed by atoms with Crippen LogP contribution in [-0.2, 0) is 13.5 Å². The zero-order chi connectivity index (χ0) is 16.4. The highest BCUT2D eigenvalue weighted by Crippen LogP contribution is 2.32. The minimum absolute atomic E-state index is 0.124. The number of aromatic nitrogens is 4. The van der Waals surface area contributed by atoms with Crippen molar-refractivity contribution < 1.29 is 4.92 Å². The standard InChI is InChI=1S/C14H19N7O2/c1-3-11-12(21(22)23)13(18(2)17-11)19-7-9-20(10-8-19)14-15-5-4-6-16-14/h4-6H,3,7-10H2,1-2H3. The highest BCUT2D eigenvalue weighted by molar-refractivity contribution is 5.62. The van der Waals surface area contributed by atoms with Gasteiger partial charge in [-0.05, 0) is 12.5 Å². The van der Waals surface area contributed by atoms with Gasteiger partial charge in [0.1, 0.15) is 5.69 Å². The normalized spacial score (nSPS) is 15.0. The molecule has 9 heteroatoms. The Morgan fingerprint density at radius 1 is 1.17 bits per heavy atom. The number of rotatable bonds is 4. The zero-order valence-corrected chi connectivity index (χ0v) is 13.2. The Bertz CT molecular complexity index is 693. The molecular formula is C14H19N7O2. The maximum Gasteiger partial charge on any atom is 0.334 e. The molecule has 1 aliphatic heterocycles. The van der Waals surface area contributed by atoms with Gasteiger partial charge < -0.3 is 9.80 Å². The van der Waals surface area contributed by atoms with Crippen molar-refractivity contribution >= 4 is 17.5 Å². The van der Waals surface area contributed by atoms with Crippen LogP contribution in [0.2, 0.25) is 0 Å². The summed E-state index contributed by atoms with van der Waals surface area (Å²) >= 11 is 0. The number of nitrogens with zero attached hydrogens (tertiary/aromatic N) is 7. The molecule has 2 aromatic rings. The molecular weight excluding hydrogens is 298 g/mol. The summed E-state index contributed by atoms with van der Waals surface area (Å²) in [6.07, 6.45) is 3.98. The molecule has 3 heterocycles. The van der Waals surface area contributed by atoms with Crippen LogP contribution in [0.3, 0.4) is 0 Å². The molecule has 0 amide bonds. The fourth-order valence-corrected chi connectivity index (χ4v) is 2.91. The zero-order valence-electron chi connectivity index (χ0n) is 13.2. The SMILES string of the molecule is CCc1nn(C)c(N2CCN(c3ncccn3)CC2)c1[N+](=O)[O-]. The predicted octanol–water partition coefficient (Wildman–Crippen LogP) is 1.01. The van der Waals surface area contributed by atoms with E-state index in [9.17, 15) is 10.1 Å². The fraction of sp³-hybridized carbons (Fsp3) is 0.500. The summed E-state index contributed by atoms with van der Waals surface area (Å²) in [6, 6.07) is 1.78. The molecule has 0 aliphatic carbocycles. The first-order valence-electron chi connectivity index (χ1n) is 7.59. The van der Waals surface area contributed by atoms with Crippen molar-refractivity contribution in [2.45, 2.75) is 13.3 Å². The number of piperazine rings is 1. The first kappa shape index (κ1) is 15.2. The summed E-state index contributed by atoms with van der Waals surface area (Å²) in [5, 5.41) is 15.7. The molecule has 1 saturated heterocycles. The van der Waals surface area contributed by atoms with E-state index in [0.29, 0.717) is 50.1 Å². The summed E-state index contributed by atoms with van der Waals surface area (Å²) in [5.74, 6) is 1.28. The van der Waals surface area contributed by atoms with Crippen LogP contribution in [0.25, 0.3) is 0 Å². The fourth-order valence-electron chi connectivity index (χ4n) is 2.91. The lowest BCUT2D eigenvalue weighted by Crippen LogP contribution is -2.47. The van der Waals surface area contributed by atoms with Crippen LogP contribution in [0.4, 0.5) is 17.5 Å². The van der Waals surface area contributed by atoms with Gasteiger partial charge in [0.15, 0.2) is 0 Å². The average Bonchev–Trinajstić information content (AvgIpc) is 2.92. The van der Waals surface area contributed by atoms with Crippen LogP contribution in [0.1, 0.15) is 12.6 Å². The van der Waals surface area contributed by atoms with Gasteiger partial charge in [0, 0.05) is 45.6 Å². The average molecular weight is 317 g/mol. The Hall–Kier alpha value is -2.71. The van der Waals surface area contributed by atoms with E-state index in [-0.39, 0.29) is 10.6 Å². The molecule has 23 heavy (non-hydrogen) atoms. The van der Waals surface area contributed by atoms with Gasteiger partial charge in [0.05, 0.1) is 4.92 Å². The van der Waals surface area contributed by atoms with Crippen molar-refractivity contribution in [3.8, 4) is 0 Å². The van der Waals surface area contributed by atoms with Gasteiger partial charge >= 0.3 is 5.69 Å². The van der Waals surface area contributed by atoms with Crippen molar-refractivity contribution in [2.75, 3.05) is 36.0 Å². The molecule has 1 fully saturated rings. The topological polar surface area (TPSA) is 93.2 Å². The molecule has 2 aromatic heterocycles. The van der Waals surface area contributed by atoms with Gasteiger partial charge in [-0.2, -0.15) is 5.10 Å². The van der Waals surface area contributed by atoms with Crippen LogP contribution in [-0.4, -0.2) is 50.9 Å². The number of nitro groups is 1. The van der Waals surface area contributed by atoms with E-state index >= 15 is 0 Å². The van der Waals surface area contributed by atoms with Crippen LogP contribution < -0.4 is 9.80 Å². The van der Waals surface area contributed by atoms with Gasteiger partial charge in [-0.1, -0.05) is 6.92 Å². The maximum absolute atomic E-state index is 11.4. The molecule has 0 atom stereocenters. The smallest absolute Gasteiger partial charge is 0.334 e. The summed E-state index contributed by atoms with van der Waals surface area (Å²) in [5.41, 5.74) is 0.653. The van der Waals surface area contributed by atoms with E-state index in [1.807, 2.05) is 11.8 Å². The van der Waals surface area contributed by atoms with E-state index < -0.39 is 0 Å². The highest BCUT2D eigenvalue weighted by atomic mass is 16.6. The summed E-state index contributed by atoms with van der Waals surface area (Å²) in [7, 11) is 1.76. The maximum atomic E-state index is 11.4. The first-order valence-corrected chi connectivity index (χ1v) is 7.59. The van der Waals surface area contributed by atoms with E-state index in [0.717, 1.165) is 0 Å². The quantitative estimate of drug-likeness (QED) is 0.613. The van der Waals surface area contributed by atoms with Crippen LogP contribution in [0, 0.1) is 10.1 Å². The molecule has 0 bridgehead atoms. The lowest BCUT2D eigenvalue weighted by atomic mass is 10.2. The van der Waals surface area contributed by atoms with Crippen LogP contribution in [0.15, 0.2) is 18.5 Å². The molecule has 3 rings (SSSR count). The molecule has 0 saturated carbocycles. The molecule has 0 radical (unpaired) electrons. The van der Waals surface area contributed by atoms with Gasteiger partial charge in [-0.25, -0.2) is 14.6 Å². The Kier molecular flexibility index (Phi) is 4.09. The third-order valence-electron chi connectivity index (χ3n) is 3.99. The minimum Gasteiger partial charge on any atom is -0.348 e. The van der Waals surface area contributed by atoms with Crippen molar-refractivity contribution in [3.63, 3.8) is 0 Å². The Morgan fingerprint density at radius 2 is 1.78 bits per heavy atom. The Morgan fingerprint density at radius 3 is 2.35 bits per heavy atom. The number of anilines is 2. The van der Waals surface area contributed by atoms with E-state index in [1.165, 1.54) is 0 Å². The summed E-state index contributed by atoms with van der Waals surface area (Å²) in [4.78, 5) is 23.7. The molecule has 0 aromatic carbocycles. The first-order chi connectivity index (χ1) is 11.1. The third-order valence-corrected chi connectivity index (χ3v) is 3.99. The van der Waals surface area contributed by atoms with E-state index in [4.69, 9.17) is 0 Å². The number of aryl methyl sites for hydroxylation is 2. The number of hydrogen-bond acceptors (Lipinski definition) is 7. The van der Waals surface area contributed by atoms with Crippen molar-refractivity contribution in [1.29, 1.82) is 0 Å². The third kappa shape index (κ3) is 2.81. The molecule has 0 spiro atoms. The monoisotopic (exact) mass is 317 g/mol. The van der Waals surface area contributed by atoms with Crippen LogP contribution >= 0.6 is 0 Å². The van der Waals surface area contributed by atoms with Gasteiger partial charge in [0.25, 0.3) is 0 Å². The van der Waals surface area contributed by atoms with Crippen molar-refractivity contribution in [3.05, 3.63) is 34.3 Å². The Balaban J connectivity index is 1.80. The summed E-state index contributed by atoms with van der Waals surface area (Å²) < 4.78 is 1.62. The van der Waals surface area contributed by atoms with Gasteiger partial charge in [-0.15, -0.1) is 0 Å². The second-order valence-corrected chi connectivity index (χ2v) is 5.38. The van der Waals surface area contributed by atoms with Crippen molar-refractivity contribution in [1.82, 2.24) is 19.7 Å². The largest absolute Gasteiger partial charge is 0.348 e. The minimum atomic E-state index is -0.326. The predicted molar refractivity (Wildman–Crippen MR) is 85.7 cm³/mol. The lowest BCUT2D eigenvalue weighted by Gasteiger charge is -2.35. The van der Waals surface area contributed by atoms with Crippen molar-refractivity contribution in [2.24, 2.45) is 7.05 Å². The molecule has 9 nitrogen and oxygen atoms in total. The summed E-state index contributed by atoms with van der Waals surface area (Å²) in [6.45, 7) is 4.65. The molecule has 1 aliphatic rings. The Labute approximate surface area is 133 Å². The molecule has 122 valence electrons. The lowest BCUT2D eigenvalue weighted by molar-refractivity contribution is -0.384. The second kappa shape index (κ2) is 6.19.